The van der Waals surface area contributed by atoms with E-state index < -0.39 is 0 Å². The fraction of sp³-hybridized carbons (Fsp3) is 0.385. The third kappa shape index (κ3) is 3.36. The summed E-state index contributed by atoms with van der Waals surface area (Å²) in [6.45, 7) is 5.06. The summed E-state index contributed by atoms with van der Waals surface area (Å²) in [6.07, 6.45) is 1.87. The van der Waals surface area contributed by atoms with Crippen LogP contribution >= 0.6 is 31.9 Å². The molecule has 0 aromatic carbocycles. The van der Waals surface area contributed by atoms with Crippen molar-refractivity contribution in [2.45, 2.75) is 26.7 Å². The van der Waals surface area contributed by atoms with E-state index >= 15 is 0 Å². The van der Waals surface area contributed by atoms with Crippen molar-refractivity contribution < 1.29 is 4.42 Å². The number of halogens is 2. The normalized spacial score (nSPS) is 10.7. The fourth-order valence-electron chi connectivity index (χ4n) is 1.63. The second-order valence-corrected chi connectivity index (χ2v) is 5.62. The van der Waals surface area contributed by atoms with Gasteiger partial charge in [-0.1, -0.05) is 13.8 Å². The predicted octanol–water partition coefficient (Wildman–Crippen LogP) is 4.65. The molecule has 2 aromatic rings. The van der Waals surface area contributed by atoms with E-state index in [1.165, 1.54) is 0 Å². The van der Waals surface area contributed by atoms with Crippen LogP contribution in [0.15, 0.2) is 25.7 Å². The topological polar surface area (TPSA) is 51.0 Å². The Labute approximate surface area is 129 Å². The van der Waals surface area contributed by atoms with Crippen LogP contribution < -0.4 is 5.32 Å². The number of rotatable bonds is 5. The Kier molecular flexibility index (Phi) is 4.99. The third-order valence-corrected chi connectivity index (χ3v) is 3.85. The lowest BCUT2D eigenvalue weighted by Gasteiger charge is -2.10. The fourth-order valence-corrected chi connectivity index (χ4v) is 2.54. The molecular formula is C13H15Br2N3O. The van der Waals surface area contributed by atoms with Gasteiger partial charge in [0.2, 0.25) is 0 Å². The average molecular weight is 389 g/mol. The quantitative estimate of drug-likeness (QED) is 0.810. The molecule has 2 rings (SSSR count). The lowest BCUT2D eigenvalue weighted by Crippen LogP contribution is -2.07. The molecule has 102 valence electrons. The van der Waals surface area contributed by atoms with E-state index in [4.69, 9.17) is 4.42 Å². The Hall–Kier alpha value is -0.880. The molecule has 0 fully saturated rings. The van der Waals surface area contributed by atoms with Gasteiger partial charge in [0.05, 0.1) is 10.2 Å². The first-order chi connectivity index (χ1) is 9.15. The number of nitrogens with zero attached hydrogens (tertiary/aromatic N) is 2. The first kappa shape index (κ1) is 14.5. The van der Waals surface area contributed by atoms with Crippen LogP contribution in [0.5, 0.6) is 0 Å². The van der Waals surface area contributed by atoms with E-state index in [1.54, 1.807) is 0 Å². The SMILES string of the molecule is CCCNc1nc(-c2ccc(Br)o2)nc(CC)c1Br. The largest absolute Gasteiger partial charge is 0.446 e. The molecule has 2 aromatic heterocycles. The summed E-state index contributed by atoms with van der Waals surface area (Å²) in [5, 5.41) is 3.30. The molecule has 2 heterocycles. The highest BCUT2D eigenvalue weighted by Crippen LogP contribution is 2.29. The first-order valence-corrected chi connectivity index (χ1v) is 7.80. The average Bonchev–Trinajstić information content (AvgIpc) is 2.84. The minimum absolute atomic E-state index is 0.601. The zero-order valence-corrected chi connectivity index (χ0v) is 14.0. The molecular weight excluding hydrogens is 374 g/mol. The van der Waals surface area contributed by atoms with Crippen molar-refractivity contribution in [3.05, 3.63) is 27.0 Å². The van der Waals surface area contributed by atoms with Crippen molar-refractivity contribution in [3.8, 4) is 11.6 Å². The summed E-state index contributed by atoms with van der Waals surface area (Å²) in [5.41, 5.74) is 0.969. The van der Waals surface area contributed by atoms with Crippen LogP contribution in [0, 0.1) is 0 Å². The summed E-state index contributed by atoms with van der Waals surface area (Å²) in [4.78, 5) is 9.05. The Bertz CT molecular complexity index is 569. The maximum absolute atomic E-state index is 5.52. The Morgan fingerprint density at radius 2 is 2.00 bits per heavy atom. The molecule has 0 saturated heterocycles. The first-order valence-electron chi connectivity index (χ1n) is 6.21. The van der Waals surface area contributed by atoms with Crippen LogP contribution in [0.2, 0.25) is 0 Å². The van der Waals surface area contributed by atoms with Crippen LogP contribution in [0.25, 0.3) is 11.6 Å². The van der Waals surface area contributed by atoms with Crippen molar-refractivity contribution in [3.63, 3.8) is 0 Å². The van der Waals surface area contributed by atoms with Crippen molar-refractivity contribution in [1.29, 1.82) is 0 Å². The lowest BCUT2D eigenvalue weighted by molar-refractivity contribution is 0.551. The number of furan rings is 1. The van der Waals surface area contributed by atoms with Gasteiger partial charge in [0, 0.05) is 6.54 Å². The van der Waals surface area contributed by atoms with E-state index in [0.29, 0.717) is 16.3 Å². The maximum atomic E-state index is 5.52. The second kappa shape index (κ2) is 6.52. The molecule has 0 unspecified atom stereocenters. The highest BCUT2D eigenvalue weighted by atomic mass is 79.9. The van der Waals surface area contributed by atoms with Gasteiger partial charge in [0.1, 0.15) is 5.82 Å². The number of aromatic nitrogens is 2. The smallest absolute Gasteiger partial charge is 0.197 e. The lowest BCUT2D eigenvalue weighted by atomic mass is 10.3. The summed E-state index contributed by atoms with van der Waals surface area (Å²) < 4.78 is 7.12. The maximum Gasteiger partial charge on any atom is 0.197 e. The van der Waals surface area contributed by atoms with Crippen LogP contribution in [0.3, 0.4) is 0 Å². The molecule has 0 aliphatic rings. The summed E-state index contributed by atoms with van der Waals surface area (Å²) in [5.74, 6) is 2.08. The zero-order valence-electron chi connectivity index (χ0n) is 10.8. The van der Waals surface area contributed by atoms with Gasteiger partial charge in [-0.2, -0.15) is 0 Å². The van der Waals surface area contributed by atoms with Gasteiger partial charge in [-0.3, -0.25) is 0 Å². The highest BCUT2D eigenvalue weighted by molar-refractivity contribution is 9.10. The summed E-state index contributed by atoms with van der Waals surface area (Å²) in [7, 11) is 0. The van der Waals surface area contributed by atoms with E-state index in [0.717, 1.165) is 35.4 Å². The van der Waals surface area contributed by atoms with Crippen LogP contribution in [0.1, 0.15) is 26.0 Å². The molecule has 0 aliphatic carbocycles. The Balaban J connectivity index is 2.44. The van der Waals surface area contributed by atoms with Crippen LogP contribution in [0.4, 0.5) is 5.82 Å². The molecule has 19 heavy (non-hydrogen) atoms. The number of hydrogen-bond donors (Lipinski definition) is 1. The summed E-state index contributed by atoms with van der Waals surface area (Å²) >= 11 is 6.85. The molecule has 6 heteroatoms. The van der Waals surface area contributed by atoms with E-state index in [-0.39, 0.29) is 0 Å². The molecule has 0 aliphatic heterocycles. The second-order valence-electron chi connectivity index (χ2n) is 4.04. The van der Waals surface area contributed by atoms with Crippen LogP contribution in [-0.2, 0) is 6.42 Å². The monoisotopic (exact) mass is 387 g/mol. The molecule has 4 nitrogen and oxygen atoms in total. The third-order valence-electron chi connectivity index (χ3n) is 2.59. The van der Waals surface area contributed by atoms with E-state index in [1.807, 2.05) is 12.1 Å². The minimum atomic E-state index is 0.601. The van der Waals surface area contributed by atoms with Crippen molar-refractivity contribution >= 4 is 37.7 Å². The van der Waals surface area contributed by atoms with E-state index in [2.05, 4.69) is 61.0 Å². The van der Waals surface area contributed by atoms with Gasteiger partial charge in [-0.05, 0) is 56.8 Å². The van der Waals surface area contributed by atoms with Crippen molar-refractivity contribution in [1.82, 2.24) is 9.97 Å². The standard InChI is InChI=1S/C13H15Br2N3O/c1-3-7-16-13-11(15)8(4-2)17-12(18-13)9-5-6-10(14)19-9/h5-6H,3-4,7H2,1-2H3,(H,16,17,18). The van der Waals surface area contributed by atoms with E-state index in [9.17, 15) is 0 Å². The molecule has 0 spiro atoms. The summed E-state index contributed by atoms with van der Waals surface area (Å²) in [6, 6.07) is 3.70. The molecule has 0 radical (unpaired) electrons. The molecule has 0 amide bonds. The molecule has 1 N–H and O–H groups in total. The number of hydrogen-bond acceptors (Lipinski definition) is 4. The Morgan fingerprint density at radius 3 is 2.58 bits per heavy atom. The van der Waals surface area contributed by atoms with Gasteiger partial charge < -0.3 is 9.73 Å². The van der Waals surface area contributed by atoms with Crippen LogP contribution in [-0.4, -0.2) is 16.5 Å². The Morgan fingerprint density at radius 1 is 1.21 bits per heavy atom. The van der Waals surface area contributed by atoms with Gasteiger partial charge in [-0.25, -0.2) is 9.97 Å². The van der Waals surface area contributed by atoms with Crippen molar-refractivity contribution in [2.75, 3.05) is 11.9 Å². The minimum Gasteiger partial charge on any atom is -0.446 e. The van der Waals surface area contributed by atoms with Gasteiger partial charge in [0.25, 0.3) is 0 Å². The number of nitrogens with one attached hydrogen (secondary N) is 1. The molecule has 0 saturated carbocycles. The van der Waals surface area contributed by atoms with Gasteiger partial charge in [-0.15, -0.1) is 0 Å². The van der Waals surface area contributed by atoms with Gasteiger partial charge >= 0.3 is 0 Å². The predicted molar refractivity (Wildman–Crippen MR) is 83.3 cm³/mol. The van der Waals surface area contributed by atoms with Crippen molar-refractivity contribution in [2.24, 2.45) is 0 Å². The molecule has 0 atom stereocenters. The number of aryl methyl sites for hydroxylation is 1. The zero-order chi connectivity index (χ0) is 13.8. The van der Waals surface area contributed by atoms with Gasteiger partial charge in [0.15, 0.2) is 16.3 Å². The number of anilines is 1. The highest BCUT2D eigenvalue weighted by Gasteiger charge is 2.14. The molecule has 0 bridgehead atoms.